The third kappa shape index (κ3) is 10.1. The zero-order chi connectivity index (χ0) is 35.9. The van der Waals surface area contributed by atoms with Crippen LogP contribution < -0.4 is 10.6 Å². The van der Waals surface area contributed by atoms with Crippen LogP contribution >= 0.6 is 0 Å². The van der Waals surface area contributed by atoms with Gasteiger partial charge in [-0.15, -0.1) is 0 Å². The average molecular weight is 691 g/mol. The van der Waals surface area contributed by atoms with Gasteiger partial charge in [0.25, 0.3) is 11.8 Å². The predicted octanol–water partition coefficient (Wildman–Crippen LogP) is 8.15. The highest BCUT2D eigenvalue weighted by Crippen LogP contribution is 2.41. The van der Waals surface area contributed by atoms with Crippen LogP contribution in [0.2, 0.25) is 36.3 Å². The summed E-state index contributed by atoms with van der Waals surface area (Å²) in [7, 11) is -4.97. The highest BCUT2D eigenvalue weighted by atomic mass is 28.4. The fraction of sp³-hybridized carbons (Fsp3) is 0.405. The molecule has 0 fully saturated rings. The van der Waals surface area contributed by atoms with Crippen molar-refractivity contribution in [3.8, 4) is 0 Å². The lowest BCUT2D eigenvalue weighted by atomic mass is 10.1. The lowest BCUT2D eigenvalue weighted by molar-refractivity contribution is -0.163. The SMILES string of the molecule is CC(C)(C)[Si](C)(C)O[C@H](C(=O)NC(=O)NC(=O)[C@@H](OC(=O)[C@@H](O[Si](C)(C)C(C)(C)C)c1ccccc1)c1ccccc1)c1ccccc1. The fourth-order valence-corrected chi connectivity index (χ4v) is 6.55. The quantitative estimate of drug-likeness (QED) is 0.154. The molecule has 0 radical (unpaired) electrons. The first-order valence-corrected chi connectivity index (χ1v) is 21.9. The van der Waals surface area contributed by atoms with E-state index in [4.69, 9.17) is 13.6 Å². The molecule has 3 aromatic rings. The second-order valence-corrected chi connectivity index (χ2v) is 24.4. The summed E-state index contributed by atoms with van der Waals surface area (Å²) in [4.78, 5) is 54.2. The number of esters is 1. The topological polar surface area (TPSA) is 120 Å². The van der Waals surface area contributed by atoms with Crippen molar-refractivity contribution in [2.75, 3.05) is 0 Å². The molecule has 3 rings (SSSR count). The molecule has 0 unspecified atom stereocenters. The zero-order valence-electron chi connectivity index (χ0n) is 29.8. The molecule has 3 atom stereocenters. The zero-order valence-corrected chi connectivity index (χ0v) is 31.8. The van der Waals surface area contributed by atoms with E-state index in [-0.39, 0.29) is 10.1 Å². The minimum Gasteiger partial charge on any atom is -0.445 e. The van der Waals surface area contributed by atoms with Gasteiger partial charge < -0.3 is 13.6 Å². The summed E-state index contributed by atoms with van der Waals surface area (Å²) in [5.74, 6) is -2.43. The molecule has 48 heavy (non-hydrogen) atoms. The van der Waals surface area contributed by atoms with Gasteiger partial charge >= 0.3 is 12.0 Å². The van der Waals surface area contributed by atoms with E-state index in [1.807, 2.05) is 38.3 Å². The van der Waals surface area contributed by atoms with E-state index in [2.05, 4.69) is 52.2 Å². The molecule has 0 heterocycles. The van der Waals surface area contributed by atoms with Crippen molar-refractivity contribution < 1.29 is 32.8 Å². The highest BCUT2D eigenvalue weighted by Gasteiger charge is 2.43. The number of carbonyl (C=O) groups is 4. The van der Waals surface area contributed by atoms with Gasteiger partial charge in [0.2, 0.25) is 6.10 Å². The lowest BCUT2D eigenvalue weighted by Crippen LogP contribution is -2.49. The molecule has 0 saturated carbocycles. The van der Waals surface area contributed by atoms with Crippen molar-refractivity contribution in [1.82, 2.24) is 10.6 Å². The molecule has 11 heteroatoms. The van der Waals surface area contributed by atoms with Gasteiger partial charge in [-0.3, -0.25) is 20.2 Å². The first kappa shape index (κ1) is 38.5. The number of hydrogen-bond acceptors (Lipinski definition) is 7. The Labute approximate surface area is 287 Å². The van der Waals surface area contributed by atoms with Crippen molar-refractivity contribution in [1.29, 1.82) is 0 Å². The van der Waals surface area contributed by atoms with E-state index in [1.165, 1.54) is 0 Å². The Kier molecular flexibility index (Phi) is 12.5. The van der Waals surface area contributed by atoms with Crippen LogP contribution in [-0.2, 0) is 28.0 Å². The van der Waals surface area contributed by atoms with Crippen LogP contribution in [0.15, 0.2) is 91.0 Å². The molecule has 0 aliphatic rings. The number of imide groups is 2. The number of amides is 4. The van der Waals surface area contributed by atoms with Gasteiger partial charge in [-0.25, -0.2) is 9.59 Å². The van der Waals surface area contributed by atoms with E-state index in [0.717, 1.165) is 0 Å². The summed E-state index contributed by atoms with van der Waals surface area (Å²) in [6.45, 7) is 20.4. The summed E-state index contributed by atoms with van der Waals surface area (Å²) in [6, 6.07) is 25.1. The van der Waals surface area contributed by atoms with Crippen LogP contribution in [-0.4, -0.2) is 40.4 Å². The molecule has 0 aliphatic carbocycles. The number of hydrogen-bond donors (Lipinski definition) is 2. The van der Waals surface area contributed by atoms with Crippen LogP contribution in [0.5, 0.6) is 0 Å². The molecule has 3 aromatic carbocycles. The van der Waals surface area contributed by atoms with Crippen molar-refractivity contribution in [2.24, 2.45) is 0 Å². The second-order valence-electron chi connectivity index (χ2n) is 14.9. The first-order chi connectivity index (χ1) is 22.2. The van der Waals surface area contributed by atoms with Gasteiger partial charge in [-0.1, -0.05) is 133 Å². The largest absolute Gasteiger partial charge is 0.445 e. The molecule has 0 saturated heterocycles. The van der Waals surface area contributed by atoms with Gasteiger partial charge in [0.15, 0.2) is 28.8 Å². The molecule has 0 aromatic heterocycles. The monoisotopic (exact) mass is 690 g/mol. The molecular formula is C37H50N2O7Si2. The molecule has 0 aliphatic heterocycles. The average Bonchev–Trinajstić information content (AvgIpc) is 3.01. The summed E-state index contributed by atoms with van der Waals surface area (Å²) < 4.78 is 18.8. The Hall–Kier alpha value is -3.91. The summed E-state index contributed by atoms with van der Waals surface area (Å²) >= 11 is 0. The minimum absolute atomic E-state index is 0.211. The molecule has 9 nitrogen and oxygen atoms in total. The Morgan fingerprint density at radius 2 is 0.833 bits per heavy atom. The molecular weight excluding hydrogens is 641 g/mol. The summed E-state index contributed by atoms with van der Waals surface area (Å²) in [5, 5.41) is 4.04. The Bertz CT molecular complexity index is 1550. The van der Waals surface area contributed by atoms with Crippen LogP contribution in [0.1, 0.15) is 76.5 Å². The number of rotatable bonds is 11. The molecule has 4 amide bonds. The smallest absolute Gasteiger partial charge is 0.339 e. The first-order valence-electron chi connectivity index (χ1n) is 16.1. The number of carbonyl (C=O) groups excluding carboxylic acids is 4. The van der Waals surface area contributed by atoms with E-state index in [9.17, 15) is 19.2 Å². The van der Waals surface area contributed by atoms with E-state index in [0.29, 0.717) is 16.7 Å². The second kappa shape index (κ2) is 15.5. The molecule has 0 spiro atoms. The van der Waals surface area contributed by atoms with Gasteiger partial charge in [-0.2, -0.15) is 0 Å². The number of ether oxygens (including phenoxy) is 1. The van der Waals surface area contributed by atoms with Gasteiger partial charge in [0.05, 0.1) is 0 Å². The summed E-state index contributed by atoms with van der Waals surface area (Å²) in [5.41, 5.74) is 1.49. The van der Waals surface area contributed by atoms with Crippen molar-refractivity contribution >= 4 is 40.4 Å². The highest BCUT2D eigenvalue weighted by molar-refractivity contribution is 6.74. The maximum absolute atomic E-state index is 13.9. The summed E-state index contributed by atoms with van der Waals surface area (Å²) in [6.07, 6.45) is -3.71. The fourth-order valence-electron chi connectivity index (χ4n) is 4.19. The van der Waals surface area contributed by atoms with Gasteiger partial charge in [0.1, 0.15) is 0 Å². The standard InChI is InChI=1S/C37H50N2O7Si2/c1-36(2,3)47(7,8)45-30(27-22-16-12-17-23-27)33(41)39-35(43)38-32(40)29(26-20-14-11-15-21-26)44-34(42)31(28-24-18-13-19-25-28)46-48(9,10)37(4,5)6/h11-25,29-31H,1-10H3,(H2,38,39,40,41,43)/t29-,30-,31-/m0/s1. The number of nitrogens with one attached hydrogen (secondary N) is 2. The maximum Gasteiger partial charge on any atom is 0.339 e. The normalized spacial score (nSPS) is 14.3. The molecule has 258 valence electrons. The Balaban J connectivity index is 1.86. The molecule has 2 N–H and O–H groups in total. The number of benzene rings is 3. The van der Waals surface area contributed by atoms with Gasteiger partial charge in [0, 0.05) is 5.56 Å². The third-order valence-electron chi connectivity index (χ3n) is 9.14. The van der Waals surface area contributed by atoms with Crippen molar-refractivity contribution in [3.05, 3.63) is 108 Å². The van der Waals surface area contributed by atoms with Gasteiger partial charge in [-0.05, 0) is 47.4 Å². The Morgan fingerprint density at radius 3 is 1.21 bits per heavy atom. The van der Waals surface area contributed by atoms with Crippen LogP contribution in [0.25, 0.3) is 0 Å². The minimum atomic E-state index is -2.50. The van der Waals surface area contributed by atoms with Crippen molar-refractivity contribution in [2.45, 2.75) is 96.1 Å². The van der Waals surface area contributed by atoms with Crippen LogP contribution in [0, 0.1) is 0 Å². The van der Waals surface area contributed by atoms with Crippen molar-refractivity contribution in [3.63, 3.8) is 0 Å². The predicted molar refractivity (Wildman–Crippen MR) is 192 cm³/mol. The van der Waals surface area contributed by atoms with E-state index < -0.39 is 58.8 Å². The third-order valence-corrected chi connectivity index (χ3v) is 18.0. The van der Waals surface area contributed by atoms with Crippen LogP contribution in [0.3, 0.4) is 0 Å². The Morgan fingerprint density at radius 1 is 0.521 bits per heavy atom. The number of urea groups is 1. The maximum atomic E-state index is 13.9. The molecule has 0 bridgehead atoms. The lowest BCUT2D eigenvalue weighted by Gasteiger charge is -2.39. The van der Waals surface area contributed by atoms with Crippen LogP contribution in [0.4, 0.5) is 4.79 Å². The van der Waals surface area contributed by atoms with E-state index in [1.54, 1.807) is 78.9 Å². The van der Waals surface area contributed by atoms with E-state index >= 15 is 0 Å².